The second kappa shape index (κ2) is 6.81. The highest BCUT2D eigenvalue weighted by Crippen LogP contribution is 2.20. The summed E-state index contributed by atoms with van der Waals surface area (Å²) in [5.74, 6) is -1.46. The molecule has 0 unspecified atom stereocenters. The molecule has 3 nitrogen and oxygen atoms in total. The lowest BCUT2D eigenvalue weighted by atomic mass is 10.2. The minimum absolute atomic E-state index is 0.0156. The first-order valence-electron chi connectivity index (χ1n) is 5.52. The van der Waals surface area contributed by atoms with E-state index in [9.17, 15) is 8.78 Å². The van der Waals surface area contributed by atoms with Crippen LogP contribution < -0.4 is 10.6 Å². The molecule has 1 aromatic carbocycles. The van der Waals surface area contributed by atoms with Gasteiger partial charge in [0.25, 0.3) is 0 Å². The van der Waals surface area contributed by atoms with Gasteiger partial charge in [0.05, 0.1) is 11.6 Å². The van der Waals surface area contributed by atoms with Gasteiger partial charge in [-0.1, -0.05) is 6.92 Å². The Hall–Kier alpha value is -1.67. The van der Waals surface area contributed by atoms with E-state index in [2.05, 4.69) is 10.6 Å². The number of benzene rings is 1. The molecule has 0 aliphatic rings. The average molecular weight is 239 g/mol. The van der Waals surface area contributed by atoms with E-state index >= 15 is 0 Å². The summed E-state index contributed by atoms with van der Waals surface area (Å²) in [4.78, 5) is 0. The van der Waals surface area contributed by atoms with E-state index in [0.717, 1.165) is 31.6 Å². The van der Waals surface area contributed by atoms with Gasteiger partial charge in [-0.05, 0) is 31.6 Å². The Labute approximate surface area is 99.4 Å². The van der Waals surface area contributed by atoms with Crippen molar-refractivity contribution in [2.45, 2.75) is 13.3 Å². The van der Waals surface area contributed by atoms with Gasteiger partial charge in [0, 0.05) is 6.54 Å². The minimum Gasteiger partial charge on any atom is -0.380 e. The van der Waals surface area contributed by atoms with Gasteiger partial charge in [-0.2, -0.15) is 5.26 Å². The summed E-state index contributed by atoms with van der Waals surface area (Å²) in [6.07, 6.45) is 0.771. The molecule has 92 valence electrons. The first kappa shape index (κ1) is 13.4. The normalized spacial score (nSPS) is 10.0. The predicted octanol–water partition coefficient (Wildman–Crippen LogP) is 2.25. The number of nitrogens with one attached hydrogen (secondary N) is 2. The first-order valence-corrected chi connectivity index (χ1v) is 5.52. The summed E-state index contributed by atoms with van der Waals surface area (Å²) >= 11 is 0. The fourth-order valence-electron chi connectivity index (χ4n) is 1.41. The van der Waals surface area contributed by atoms with E-state index in [-0.39, 0.29) is 11.3 Å². The summed E-state index contributed by atoms with van der Waals surface area (Å²) in [6.45, 7) is 4.14. The predicted molar refractivity (Wildman–Crippen MR) is 62.7 cm³/mol. The Kier molecular flexibility index (Phi) is 5.37. The maximum atomic E-state index is 13.4. The standard InChI is InChI=1S/C12H15F2N3/c1-2-16-4-3-5-17-12-10(13)6-9(8-15)7-11(12)14/h6-7,16-17H,2-5H2,1H3. The number of hydrogen-bond acceptors (Lipinski definition) is 3. The van der Waals surface area contributed by atoms with Gasteiger partial charge in [0.1, 0.15) is 5.69 Å². The molecule has 0 saturated heterocycles. The minimum atomic E-state index is -0.731. The van der Waals surface area contributed by atoms with Gasteiger partial charge in [-0.25, -0.2) is 8.78 Å². The quantitative estimate of drug-likeness (QED) is 0.748. The number of nitrogens with zero attached hydrogens (tertiary/aromatic N) is 1. The van der Waals surface area contributed by atoms with Crippen LogP contribution in [0.5, 0.6) is 0 Å². The van der Waals surface area contributed by atoms with Crippen LogP contribution >= 0.6 is 0 Å². The number of halogens is 2. The summed E-state index contributed by atoms with van der Waals surface area (Å²) in [7, 11) is 0. The topological polar surface area (TPSA) is 47.8 Å². The third-order valence-corrected chi connectivity index (χ3v) is 2.25. The van der Waals surface area contributed by atoms with Crippen LogP contribution in [0, 0.1) is 23.0 Å². The van der Waals surface area contributed by atoms with Gasteiger partial charge in [-0.15, -0.1) is 0 Å². The summed E-state index contributed by atoms with van der Waals surface area (Å²) in [5.41, 5.74) is -0.182. The molecule has 0 aromatic heterocycles. The molecule has 0 atom stereocenters. The average Bonchev–Trinajstić information content (AvgIpc) is 2.31. The molecule has 0 aliphatic heterocycles. The zero-order valence-corrected chi connectivity index (χ0v) is 9.69. The lowest BCUT2D eigenvalue weighted by Gasteiger charge is -2.09. The molecule has 0 spiro atoms. The Morgan fingerprint density at radius 1 is 1.24 bits per heavy atom. The molecule has 0 heterocycles. The van der Waals surface area contributed by atoms with E-state index in [0.29, 0.717) is 6.54 Å². The molecule has 5 heteroatoms. The Balaban J connectivity index is 2.57. The van der Waals surface area contributed by atoms with Gasteiger partial charge in [0.2, 0.25) is 0 Å². The van der Waals surface area contributed by atoms with E-state index in [1.54, 1.807) is 6.07 Å². The van der Waals surface area contributed by atoms with Crippen molar-refractivity contribution in [2.75, 3.05) is 25.0 Å². The molecular weight excluding hydrogens is 224 g/mol. The van der Waals surface area contributed by atoms with Crippen molar-refractivity contribution >= 4 is 5.69 Å². The zero-order chi connectivity index (χ0) is 12.7. The smallest absolute Gasteiger partial charge is 0.150 e. The largest absolute Gasteiger partial charge is 0.380 e. The molecule has 2 N–H and O–H groups in total. The lowest BCUT2D eigenvalue weighted by molar-refractivity contribution is 0.585. The van der Waals surface area contributed by atoms with Crippen LogP contribution in [-0.4, -0.2) is 19.6 Å². The first-order chi connectivity index (χ1) is 8.19. The van der Waals surface area contributed by atoms with Crippen molar-refractivity contribution in [1.82, 2.24) is 5.32 Å². The molecule has 17 heavy (non-hydrogen) atoms. The van der Waals surface area contributed by atoms with Crippen LogP contribution in [0.2, 0.25) is 0 Å². The zero-order valence-electron chi connectivity index (χ0n) is 9.69. The fraction of sp³-hybridized carbons (Fsp3) is 0.417. The maximum Gasteiger partial charge on any atom is 0.150 e. The van der Waals surface area contributed by atoms with Crippen LogP contribution in [0.25, 0.3) is 0 Å². The van der Waals surface area contributed by atoms with E-state index in [4.69, 9.17) is 5.26 Å². The molecule has 0 saturated carbocycles. The third-order valence-electron chi connectivity index (χ3n) is 2.25. The van der Waals surface area contributed by atoms with Gasteiger partial charge in [0.15, 0.2) is 11.6 Å². The number of hydrogen-bond donors (Lipinski definition) is 2. The molecule has 0 fully saturated rings. The summed E-state index contributed by atoms with van der Waals surface area (Å²) in [5, 5.41) is 14.3. The van der Waals surface area contributed by atoms with Crippen molar-refractivity contribution in [3.8, 4) is 6.07 Å². The Morgan fingerprint density at radius 3 is 2.41 bits per heavy atom. The van der Waals surface area contributed by atoms with Crippen molar-refractivity contribution < 1.29 is 8.78 Å². The molecule has 0 aliphatic carbocycles. The third kappa shape index (κ3) is 4.00. The second-order valence-corrected chi connectivity index (χ2v) is 3.56. The van der Waals surface area contributed by atoms with E-state index in [1.807, 2.05) is 6.92 Å². The summed E-state index contributed by atoms with van der Waals surface area (Å²) < 4.78 is 26.8. The molecule has 0 amide bonds. The molecule has 0 bridgehead atoms. The summed E-state index contributed by atoms with van der Waals surface area (Å²) in [6, 6.07) is 3.75. The molecule has 1 aromatic rings. The van der Waals surface area contributed by atoms with Crippen molar-refractivity contribution in [1.29, 1.82) is 5.26 Å². The number of nitriles is 1. The maximum absolute atomic E-state index is 13.4. The van der Waals surface area contributed by atoms with Crippen LogP contribution in [0.4, 0.5) is 14.5 Å². The van der Waals surface area contributed by atoms with E-state index in [1.165, 1.54) is 0 Å². The van der Waals surface area contributed by atoms with Crippen molar-refractivity contribution in [2.24, 2.45) is 0 Å². The van der Waals surface area contributed by atoms with E-state index < -0.39 is 11.6 Å². The highest BCUT2D eigenvalue weighted by atomic mass is 19.1. The van der Waals surface area contributed by atoms with Crippen LogP contribution in [-0.2, 0) is 0 Å². The van der Waals surface area contributed by atoms with Gasteiger partial charge in [-0.3, -0.25) is 0 Å². The molecular formula is C12H15F2N3. The van der Waals surface area contributed by atoms with Crippen LogP contribution in [0.1, 0.15) is 18.9 Å². The molecule has 1 rings (SSSR count). The van der Waals surface area contributed by atoms with Crippen molar-refractivity contribution in [3.63, 3.8) is 0 Å². The monoisotopic (exact) mass is 239 g/mol. The second-order valence-electron chi connectivity index (χ2n) is 3.56. The SMILES string of the molecule is CCNCCCNc1c(F)cc(C#N)cc1F. The van der Waals surface area contributed by atoms with Crippen LogP contribution in [0.3, 0.4) is 0 Å². The number of anilines is 1. The highest BCUT2D eigenvalue weighted by Gasteiger charge is 2.10. The lowest BCUT2D eigenvalue weighted by Crippen LogP contribution is -2.17. The van der Waals surface area contributed by atoms with Gasteiger partial charge < -0.3 is 10.6 Å². The fourth-order valence-corrected chi connectivity index (χ4v) is 1.41. The van der Waals surface area contributed by atoms with Crippen LogP contribution in [0.15, 0.2) is 12.1 Å². The molecule has 0 radical (unpaired) electrons. The Morgan fingerprint density at radius 2 is 1.88 bits per heavy atom. The Bertz CT molecular complexity index is 390. The number of rotatable bonds is 6. The van der Waals surface area contributed by atoms with Crippen molar-refractivity contribution in [3.05, 3.63) is 29.3 Å². The van der Waals surface area contributed by atoms with Gasteiger partial charge >= 0.3 is 0 Å². The highest BCUT2D eigenvalue weighted by molar-refractivity contribution is 5.50.